The van der Waals surface area contributed by atoms with Crippen molar-refractivity contribution in [3.63, 3.8) is 0 Å². The van der Waals surface area contributed by atoms with Gasteiger partial charge in [0.25, 0.3) is 0 Å². The highest BCUT2D eigenvalue weighted by molar-refractivity contribution is 7.09. The molecule has 1 aromatic rings. The average molecular weight is 252 g/mol. The molecule has 1 saturated carbocycles. The topological polar surface area (TPSA) is 24.9 Å². The molecule has 0 amide bonds. The summed E-state index contributed by atoms with van der Waals surface area (Å²) >= 11 is 1.76. The second-order valence-corrected chi connectivity index (χ2v) is 6.98. The van der Waals surface area contributed by atoms with Crippen molar-refractivity contribution in [3.05, 3.63) is 16.1 Å². The van der Waals surface area contributed by atoms with E-state index in [0.29, 0.717) is 11.5 Å². The van der Waals surface area contributed by atoms with Crippen molar-refractivity contribution in [2.24, 2.45) is 11.3 Å². The largest absolute Gasteiger partial charge is 0.313 e. The molecule has 0 radical (unpaired) electrons. The summed E-state index contributed by atoms with van der Waals surface area (Å²) in [5.74, 6) is 0.830. The monoisotopic (exact) mass is 252 g/mol. The molecule has 1 aliphatic carbocycles. The summed E-state index contributed by atoms with van der Waals surface area (Å²) in [7, 11) is 0. The van der Waals surface area contributed by atoms with E-state index >= 15 is 0 Å². The van der Waals surface area contributed by atoms with Gasteiger partial charge in [0, 0.05) is 17.8 Å². The summed E-state index contributed by atoms with van der Waals surface area (Å²) in [4.78, 5) is 4.60. The normalized spacial score (nSPS) is 23.6. The molecule has 1 aliphatic rings. The van der Waals surface area contributed by atoms with Crippen LogP contribution in [0.25, 0.3) is 0 Å². The van der Waals surface area contributed by atoms with Crippen LogP contribution in [0.5, 0.6) is 0 Å². The lowest BCUT2D eigenvalue weighted by atomic mass is 10.00. The quantitative estimate of drug-likeness (QED) is 0.839. The number of aromatic nitrogens is 1. The standard InChI is InChI=1S/C14H24N2S/c1-5-6-15-13(12-8-14(12,3)4)7-11-9-17-10(2)16-11/h9,12-13,15H,5-8H2,1-4H3. The molecule has 2 unspecified atom stereocenters. The van der Waals surface area contributed by atoms with E-state index in [0.717, 1.165) is 18.9 Å². The maximum Gasteiger partial charge on any atom is 0.0897 e. The fourth-order valence-corrected chi connectivity index (χ4v) is 3.23. The average Bonchev–Trinajstić information content (AvgIpc) is 2.69. The van der Waals surface area contributed by atoms with Crippen molar-refractivity contribution in [1.82, 2.24) is 10.3 Å². The van der Waals surface area contributed by atoms with Gasteiger partial charge in [-0.25, -0.2) is 4.98 Å². The molecule has 1 N–H and O–H groups in total. The molecule has 2 atom stereocenters. The third-order valence-corrected chi connectivity index (χ3v) is 4.65. The van der Waals surface area contributed by atoms with Crippen molar-refractivity contribution in [2.75, 3.05) is 6.54 Å². The van der Waals surface area contributed by atoms with E-state index in [9.17, 15) is 0 Å². The number of thiazole rings is 1. The van der Waals surface area contributed by atoms with Gasteiger partial charge in [-0.2, -0.15) is 0 Å². The van der Waals surface area contributed by atoms with Crippen molar-refractivity contribution >= 4 is 11.3 Å². The zero-order chi connectivity index (χ0) is 12.5. The summed E-state index contributed by atoms with van der Waals surface area (Å²) in [5.41, 5.74) is 1.81. The fraction of sp³-hybridized carbons (Fsp3) is 0.786. The number of rotatable bonds is 6. The number of hydrogen-bond donors (Lipinski definition) is 1. The molecular weight excluding hydrogens is 228 g/mol. The molecule has 0 saturated heterocycles. The molecule has 0 spiro atoms. The fourth-order valence-electron chi connectivity index (χ4n) is 2.61. The molecule has 96 valence electrons. The van der Waals surface area contributed by atoms with Crippen LogP contribution in [0.4, 0.5) is 0 Å². The van der Waals surface area contributed by atoms with E-state index in [1.54, 1.807) is 11.3 Å². The molecule has 1 aromatic heterocycles. The Bertz CT molecular complexity index is 370. The zero-order valence-corrected chi connectivity index (χ0v) is 12.2. The van der Waals surface area contributed by atoms with Crippen molar-refractivity contribution in [2.45, 2.75) is 53.0 Å². The van der Waals surface area contributed by atoms with E-state index in [1.807, 2.05) is 0 Å². The van der Waals surface area contributed by atoms with Gasteiger partial charge in [0.05, 0.1) is 10.7 Å². The number of aryl methyl sites for hydroxylation is 1. The van der Waals surface area contributed by atoms with E-state index in [2.05, 4.69) is 43.4 Å². The van der Waals surface area contributed by atoms with Gasteiger partial charge in [0.1, 0.15) is 0 Å². The van der Waals surface area contributed by atoms with Gasteiger partial charge in [-0.3, -0.25) is 0 Å². The second-order valence-electron chi connectivity index (χ2n) is 5.92. The Morgan fingerprint density at radius 3 is 2.76 bits per heavy atom. The molecule has 2 nitrogen and oxygen atoms in total. The Balaban J connectivity index is 1.96. The molecule has 1 heterocycles. The van der Waals surface area contributed by atoms with Crippen LogP contribution in [0, 0.1) is 18.3 Å². The van der Waals surface area contributed by atoms with Crippen LogP contribution in [-0.2, 0) is 6.42 Å². The van der Waals surface area contributed by atoms with E-state index in [-0.39, 0.29) is 0 Å². The van der Waals surface area contributed by atoms with Gasteiger partial charge in [-0.1, -0.05) is 20.8 Å². The molecule has 0 aliphatic heterocycles. The zero-order valence-electron chi connectivity index (χ0n) is 11.4. The van der Waals surface area contributed by atoms with Crippen LogP contribution in [0.1, 0.15) is 44.3 Å². The molecule has 1 fully saturated rings. The highest BCUT2D eigenvalue weighted by atomic mass is 32.1. The summed E-state index contributed by atoms with van der Waals surface area (Å²) in [6, 6.07) is 0.617. The Morgan fingerprint density at radius 1 is 1.59 bits per heavy atom. The minimum atomic E-state index is 0.538. The SMILES string of the molecule is CCCNC(Cc1csc(C)n1)C1CC1(C)C. The lowest BCUT2D eigenvalue weighted by Gasteiger charge is -2.19. The van der Waals surface area contributed by atoms with Crippen LogP contribution in [0.3, 0.4) is 0 Å². The van der Waals surface area contributed by atoms with Crippen LogP contribution < -0.4 is 5.32 Å². The van der Waals surface area contributed by atoms with Gasteiger partial charge in [0.2, 0.25) is 0 Å². The minimum Gasteiger partial charge on any atom is -0.313 e. The van der Waals surface area contributed by atoms with E-state index in [4.69, 9.17) is 0 Å². The van der Waals surface area contributed by atoms with Crippen molar-refractivity contribution in [3.8, 4) is 0 Å². The molecule has 17 heavy (non-hydrogen) atoms. The first kappa shape index (κ1) is 13.0. The highest BCUT2D eigenvalue weighted by Crippen LogP contribution is 2.54. The van der Waals surface area contributed by atoms with Gasteiger partial charge >= 0.3 is 0 Å². The maximum absolute atomic E-state index is 4.60. The Morgan fingerprint density at radius 2 is 2.29 bits per heavy atom. The Hall–Kier alpha value is -0.410. The third kappa shape index (κ3) is 3.29. The summed E-state index contributed by atoms with van der Waals surface area (Å²) in [6.45, 7) is 10.2. The maximum atomic E-state index is 4.60. The van der Waals surface area contributed by atoms with Gasteiger partial charge in [0.15, 0.2) is 0 Å². The summed E-state index contributed by atoms with van der Waals surface area (Å²) < 4.78 is 0. The van der Waals surface area contributed by atoms with E-state index < -0.39 is 0 Å². The van der Waals surface area contributed by atoms with Gasteiger partial charge in [-0.05, 0) is 37.6 Å². The lowest BCUT2D eigenvalue weighted by molar-refractivity contribution is 0.400. The molecule has 0 bridgehead atoms. The molecule has 2 rings (SSSR count). The predicted molar refractivity (Wildman–Crippen MR) is 74.5 cm³/mol. The van der Waals surface area contributed by atoms with Crippen LogP contribution >= 0.6 is 11.3 Å². The van der Waals surface area contributed by atoms with Crippen molar-refractivity contribution in [1.29, 1.82) is 0 Å². The van der Waals surface area contributed by atoms with Crippen LogP contribution in [0.2, 0.25) is 0 Å². The molecular formula is C14H24N2S. The number of nitrogens with one attached hydrogen (secondary N) is 1. The second kappa shape index (κ2) is 5.07. The number of hydrogen-bond acceptors (Lipinski definition) is 3. The Kier molecular flexibility index (Phi) is 3.88. The van der Waals surface area contributed by atoms with Crippen LogP contribution in [-0.4, -0.2) is 17.6 Å². The van der Waals surface area contributed by atoms with Crippen molar-refractivity contribution < 1.29 is 0 Å². The smallest absolute Gasteiger partial charge is 0.0897 e. The lowest BCUT2D eigenvalue weighted by Crippen LogP contribution is -2.35. The number of nitrogens with zero attached hydrogens (tertiary/aromatic N) is 1. The van der Waals surface area contributed by atoms with Crippen LogP contribution in [0.15, 0.2) is 5.38 Å². The highest BCUT2D eigenvalue weighted by Gasteiger charge is 2.49. The Labute approximate surface area is 109 Å². The summed E-state index contributed by atoms with van der Waals surface area (Å²) in [5, 5.41) is 7.11. The minimum absolute atomic E-state index is 0.538. The predicted octanol–water partition coefficient (Wildman–Crippen LogP) is 3.41. The first-order valence-electron chi connectivity index (χ1n) is 6.67. The molecule has 3 heteroatoms. The van der Waals surface area contributed by atoms with Gasteiger partial charge < -0.3 is 5.32 Å². The molecule has 0 aromatic carbocycles. The third-order valence-electron chi connectivity index (χ3n) is 3.83. The first-order chi connectivity index (χ1) is 8.03. The van der Waals surface area contributed by atoms with E-state index in [1.165, 1.54) is 23.5 Å². The van der Waals surface area contributed by atoms with Gasteiger partial charge in [-0.15, -0.1) is 11.3 Å². The first-order valence-corrected chi connectivity index (χ1v) is 7.55. The summed E-state index contributed by atoms with van der Waals surface area (Å²) in [6.07, 6.45) is 3.66.